The van der Waals surface area contributed by atoms with Gasteiger partial charge in [-0.1, -0.05) is 38.1 Å². The summed E-state index contributed by atoms with van der Waals surface area (Å²) in [6.07, 6.45) is 1.93. The number of ether oxygens (including phenoxy) is 1. The molecule has 0 aliphatic carbocycles. The molecule has 0 radical (unpaired) electrons. The molecule has 104 valence electrons. The van der Waals surface area contributed by atoms with Crippen molar-refractivity contribution in [2.24, 2.45) is 0 Å². The lowest BCUT2D eigenvalue weighted by Gasteiger charge is -2.10. The van der Waals surface area contributed by atoms with E-state index < -0.39 is 0 Å². The SMILES string of the molecule is CCc1ccc(C(=O)c2ccccc2OC)cc1CC. The molecule has 2 nitrogen and oxygen atoms in total. The maximum absolute atomic E-state index is 12.6. The van der Waals surface area contributed by atoms with E-state index >= 15 is 0 Å². The first-order chi connectivity index (χ1) is 9.71. The lowest BCUT2D eigenvalue weighted by Crippen LogP contribution is -2.05. The predicted molar refractivity (Wildman–Crippen MR) is 81.6 cm³/mol. The van der Waals surface area contributed by atoms with Crippen LogP contribution in [0, 0.1) is 0 Å². The summed E-state index contributed by atoms with van der Waals surface area (Å²) in [7, 11) is 1.59. The van der Waals surface area contributed by atoms with Crippen molar-refractivity contribution in [2.75, 3.05) is 7.11 Å². The Morgan fingerprint density at radius 2 is 1.70 bits per heavy atom. The summed E-state index contributed by atoms with van der Waals surface area (Å²) in [5.41, 5.74) is 3.89. The number of aryl methyl sites for hydroxylation is 2. The number of carbonyl (C=O) groups is 1. The number of methoxy groups -OCH3 is 1. The van der Waals surface area contributed by atoms with Gasteiger partial charge in [-0.25, -0.2) is 0 Å². The maximum Gasteiger partial charge on any atom is 0.196 e. The van der Waals surface area contributed by atoms with Crippen LogP contribution in [0.5, 0.6) is 5.75 Å². The summed E-state index contributed by atoms with van der Waals surface area (Å²) in [6.45, 7) is 4.25. The fourth-order valence-electron chi connectivity index (χ4n) is 2.43. The predicted octanol–water partition coefficient (Wildman–Crippen LogP) is 4.05. The molecule has 0 saturated heterocycles. The van der Waals surface area contributed by atoms with E-state index in [1.807, 2.05) is 30.3 Å². The second kappa shape index (κ2) is 6.38. The monoisotopic (exact) mass is 268 g/mol. The van der Waals surface area contributed by atoms with Gasteiger partial charge in [0.15, 0.2) is 5.78 Å². The average Bonchev–Trinajstić information content (AvgIpc) is 2.53. The van der Waals surface area contributed by atoms with E-state index in [9.17, 15) is 4.79 Å². The number of carbonyl (C=O) groups excluding carboxylic acids is 1. The molecular weight excluding hydrogens is 248 g/mol. The van der Waals surface area contributed by atoms with E-state index in [-0.39, 0.29) is 5.78 Å². The highest BCUT2D eigenvalue weighted by atomic mass is 16.5. The van der Waals surface area contributed by atoms with E-state index in [2.05, 4.69) is 19.9 Å². The summed E-state index contributed by atoms with van der Waals surface area (Å²) >= 11 is 0. The topological polar surface area (TPSA) is 26.3 Å². The van der Waals surface area contributed by atoms with E-state index in [0.29, 0.717) is 11.3 Å². The van der Waals surface area contributed by atoms with Crippen LogP contribution < -0.4 is 4.74 Å². The third-order valence-corrected chi connectivity index (χ3v) is 3.58. The van der Waals surface area contributed by atoms with Gasteiger partial charge in [-0.3, -0.25) is 4.79 Å². The smallest absolute Gasteiger partial charge is 0.196 e. The number of hydrogen-bond donors (Lipinski definition) is 0. The summed E-state index contributed by atoms with van der Waals surface area (Å²) < 4.78 is 5.27. The highest BCUT2D eigenvalue weighted by Gasteiger charge is 2.14. The summed E-state index contributed by atoms with van der Waals surface area (Å²) in [6, 6.07) is 13.3. The normalized spacial score (nSPS) is 10.3. The Morgan fingerprint density at radius 1 is 1.00 bits per heavy atom. The number of ketones is 1. The molecule has 0 heterocycles. The lowest BCUT2D eigenvalue weighted by molar-refractivity contribution is 0.103. The largest absolute Gasteiger partial charge is 0.496 e. The molecule has 0 fully saturated rings. The molecule has 0 atom stereocenters. The van der Waals surface area contributed by atoms with Gasteiger partial charge in [0, 0.05) is 5.56 Å². The number of benzene rings is 2. The molecule has 0 aliphatic rings. The standard InChI is InChI=1S/C18H20O2/c1-4-13-10-11-15(12-14(13)5-2)18(19)16-8-6-7-9-17(16)20-3/h6-12H,4-5H2,1-3H3. The Hall–Kier alpha value is -2.09. The fourth-order valence-corrected chi connectivity index (χ4v) is 2.43. The van der Waals surface area contributed by atoms with Crippen molar-refractivity contribution in [1.82, 2.24) is 0 Å². The van der Waals surface area contributed by atoms with Crippen molar-refractivity contribution >= 4 is 5.78 Å². The van der Waals surface area contributed by atoms with Crippen LogP contribution in [0.1, 0.15) is 40.9 Å². The third-order valence-electron chi connectivity index (χ3n) is 3.58. The lowest BCUT2D eigenvalue weighted by atomic mass is 9.95. The van der Waals surface area contributed by atoms with Crippen LogP contribution in [0.2, 0.25) is 0 Å². The van der Waals surface area contributed by atoms with E-state index in [1.165, 1.54) is 11.1 Å². The van der Waals surface area contributed by atoms with Crippen molar-refractivity contribution in [3.05, 3.63) is 64.7 Å². The first kappa shape index (κ1) is 14.3. The van der Waals surface area contributed by atoms with Crippen LogP contribution in [-0.2, 0) is 12.8 Å². The van der Waals surface area contributed by atoms with Gasteiger partial charge in [-0.15, -0.1) is 0 Å². The highest BCUT2D eigenvalue weighted by Crippen LogP contribution is 2.23. The van der Waals surface area contributed by atoms with Crippen LogP contribution in [0.4, 0.5) is 0 Å². The van der Waals surface area contributed by atoms with E-state index in [0.717, 1.165) is 18.4 Å². The molecule has 0 N–H and O–H groups in total. The van der Waals surface area contributed by atoms with Gasteiger partial charge in [0.2, 0.25) is 0 Å². The van der Waals surface area contributed by atoms with Gasteiger partial charge in [0.1, 0.15) is 5.75 Å². The van der Waals surface area contributed by atoms with E-state index in [1.54, 1.807) is 13.2 Å². The van der Waals surface area contributed by atoms with Crippen LogP contribution in [0.3, 0.4) is 0 Å². The maximum atomic E-state index is 12.6. The van der Waals surface area contributed by atoms with Crippen molar-refractivity contribution in [2.45, 2.75) is 26.7 Å². The van der Waals surface area contributed by atoms with E-state index in [4.69, 9.17) is 4.74 Å². The van der Waals surface area contributed by atoms with Crippen molar-refractivity contribution in [3.63, 3.8) is 0 Å². The third kappa shape index (κ3) is 2.74. The van der Waals surface area contributed by atoms with Gasteiger partial charge < -0.3 is 4.74 Å². The quantitative estimate of drug-likeness (QED) is 0.765. The van der Waals surface area contributed by atoms with Gasteiger partial charge in [0.25, 0.3) is 0 Å². The van der Waals surface area contributed by atoms with Crippen LogP contribution in [-0.4, -0.2) is 12.9 Å². The second-order valence-corrected chi connectivity index (χ2v) is 4.72. The van der Waals surface area contributed by atoms with Crippen molar-refractivity contribution < 1.29 is 9.53 Å². The summed E-state index contributed by atoms with van der Waals surface area (Å²) in [5.74, 6) is 0.634. The average molecular weight is 268 g/mol. The molecule has 2 aromatic rings. The minimum Gasteiger partial charge on any atom is -0.496 e. The number of hydrogen-bond acceptors (Lipinski definition) is 2. The molecule has 0 saturated carbocycles. The minimum absolute atomic E-state index is 0.0137. The first-order valence-electron chi connectivity index (χ1n) is 7.00. The second-order valence-electron chi connectivity index (χ2n) is 4.72. The highest BCUT2D eigenvalue weighted by molar-refractivity contribution is 6.10. The Morgan fingerprint density at radius 3 is 2.35 bits per heavy atom. The number of para-hydroxylation sites is 1. The molecule has 0 unspecified atom stereocenters. The number of rotatable bonds is 5. The zero-order valence-corrected chi connectivity index (χ0v) is 12.3. The first-order valence-corrected chi connectivity index (χ1v) is 7.00. The Bertz CT molecular complexity index is 615. The zero-order valence-electron chi connectivity index (χ0n) is 12.3. The molecule has 0 spiro atoms. The molecule has 20 heavy (non-hydrogen) atoms. The Kier molecular flexibility index (Phi) is 4.57. The van der Waals surface area contributed by atoms with Crippen LogP contribution in [0.15, 0.2) is 42.5 Å². The minimum atomic E-state index is 0.0137. The molecule has 2 rings (SSSR count). The van der Waals surface area contributed by atoms with Gasteiger partial charge in [-0.05, 0) is 42.2 Å². The van der Waals surface area contributed by atoms with Crippen molar-refractivity contribution in [1.29, 1.82) is 0 Å². The van der Waals surface area contributed by atoms with Crippen LogP contribution >= 0.6 is 0 Å². The van der Waals surface area contributed by atoms with Gasteiger partial charge in [-0.2, -0.15) is 0 Å². The molecule has 2 aromatic carbocycles. The molecule has 0 bridgehead atoms. The molecular formula is C18H20O2. The molecule has 2 heteroatoms. The summed E-state index contributed by atoms with van der Waals surface area (Å²) in [5, 5.41) is 0. The molecule has 0 aliphatic heterocycles. The fraction of sp³-hybridized carbons (Fsp3) is 0.278. The van der Waals surface area contributed by atoms with Gasteiger partial charge >= 0.3 is 0 Å². The van der Waals surface area contributed by atoms with Crippen LogP contribution in [0.25, 0.3) is 0 Å². The van der Waals surface area contributed by atoms with Gasteiger partial charge in [0.05, 0.1) is 12.7 Å². The Labute approximate surface area is 120 Å². The summed E-state index contributed by atoms with van der Waals surface area (Å²) in [4.78, 5) is 12.6. The molecule has 0 aromatic heterocycles. The Balaban J connectivity index is 2.43. The molecule has 0 amide bonds. The zero-order chi connectivity index (χ0) is 14.5. The van der Waals surface area contributed by atoms with Crippen molar-refractivity contribution in [3.8, 4) is 5.75 Å².